The summed E-state index contributed by atoms with van der Waals surface area (Å²) in [5.41, 5.74) is 5.82. The predicted molar refractivity (Wildman–Crippen MR) is 65.1 cm³/mol. The molecule has 0 fully saturated rings. The third-order valence-corrected chi connectivity index (χ3v) is 2.76. The van der Waals surface area contributed by atoms with Crippen molar-refractivity contribution in [2.45, 2.75) is 6.10 Å². The van der Waals surface area contributed by atoms with Crippen LogP contribution in [0.25, 0.3) is 0 Å². The van der Waals surface area contributed by atoms with Crippen molar-refractivity contribution in [3.63, 3.8) is 0 Å². The molecule has 0 heterocycles. The Bertz CT molecular complexity index is 398. The van der Waals surface area contributed by atoms with Crippen molar-refractivity contribution in [2.24, 2.45) is 5.73 Å². The molecule has 0 amide bonds. The number of aliphatic hydroxyl groups excluding tert-OH is 1. The number of halogens is 1. The zero-order valence-corrected chi connectivity index (χ0v) is 10.7. The summed E-state index contributed by atoms with van der Waals surface area (Å²) < 4.78 is 15.4. The Morgan fingerprint density at radius 2 is 1.82 bits per heavy atom. The average Bonchev–Trinajstić information content (AvgIpc) is 2.36. The number of hydrogen-bond donors (Lipinski definition) is 2. The van der Waals surface area contributed by atoms with Crippen molar-refractivity contribution in [1.29, 1.82) is 0 Å². The fourth-order valence-corrected chi connectivity index (χ4v) is 1.93. The van der Waals surface area contributed by atoms with E-state index in [1.54, 1.807) is 6.07 Å². The number of hydrogen-bond acceptors (Lipinski definition) is 5. The Morgan fingerprint density at radius 1 is 1.24 bits per heavy atom. The normalized spacial score (nSPS) is 12.1. The van der Waals surface area contributed by atoms with Gasteiger partial charge in [-0.2, -0.15) is 0 Å². The second-order valence-corrected chi connectivity index (χ2v) is 3.67. The van der Waals surface area contributed by atoms with Crippen molar-refractivity contribution in [1.82, 2.24) is 0 Å². The van der Waals surface area contributed by atoms with E-state index in [4.69, 9.17) is 31.5 Å². The highest BCUT2D eigenvalue weighted by molar-refractivity contribution is 6.33. The monoisotopic (exact) mass is 261 g/mol. The molecule has 0 radical (unpaired) electrons. The van der Waals surface area contributed by atoms with Crippen LogP contribution in [-0.4, -0.2) is 33.0 Å². The Labute approximate surface area is 105 Å². The largest absolute Gasteiger partial charge is 0.496 e. The van der Waals surface area contributed by atoms with E-state index in [9.17, 15) is 5.11 Å². The summed E-state index contributed by atoms with van der Waals surface area (Å²) in [4.78, 5) is 0. The summed E-state index contributed by atoms with van der Waals surface area (Å²) in [6.07, 6.45) is -0.919. The predicted octanol–water partition coefficient (Wildman–Crippen LogP) is 1.36. The molecule has 1 aromatic rings. The summed E-state index contributed by atoms with van der Waals surface area (Å²) in [7, 11) is 4.44. The van der Waals surface area contributed by atoms with Crippen molar-refractivity contribution in [2.75, 3.05) is 27.9 Å². The summed E-state index contributed by atoms with van der Waals surface area (Å²) in [5, 5.41) is 10.1. The third-order valence-electron chi connectivity index (χ3n) is 2.39. The van der Waals surface area contributed by atoms with Crippen LogP contribution in [0.2, 0.25) is 5.02 Å². The molecule has 0 spiro atoms. The number of rotatable bonds is 5. The highest BCUT2D eigenvalue weighted by atomic mass is 35.5. The van der Waals surface area contributed by atoms with E-state index in [1.165, 1.54) is 21.3 Å². The molecular weight excluding hydrogens is 246 g/mol. The molecular formula is C11H16ClNO4. The molecule has 0 bridgehead atoms. The molecule has 17 heavy (non-hydrogen) atoms. The quantitative estimate of drug-likeness (QED) is 0.837. The topological polar surface area (TPSA) is 73.9 Å². The molecule has 1 atom stereocenters. The Hall–Kier alpha value is -1.17. The molecule has 0 aliphatic heterocycles. The van der Waals surface area contributed by atoms with Crippen LogP contribution in [0.15, 0.2) is 6.07 Å². The number of ether oxygens (including phenoxy) is 3. The standard InChI is InChI=1S/C11H16ClNO4/c1-15-7-4-8(16-2)11(17-3)10(12)9(7)6(14)5-13/h4,6,14H,5,13H2,1-3H3. The van der Waals surface area contributed by atoms with Crippen LogP contribution in [0, 0.1) is 0 Å². The molecule has 1 unspecified atom stereocenters. The summed E-state index contributed by atoms with van der Waals surface area (Å²) in [6, 6.07) is 1.60. The zero-order chi connectivity index (χ0) is 13.0. The lowest BCUT2D eigenvalue weighted by Gasteiger charge is -2.19. The van der Waals surface area contributed by atoms with E-state index in [2.05, 4.69) is 0 Å². The van der Waals surface area contributed by atoms with Gasteiger partial charge in [0.1, 0.15) is 5.75 Å². The van der Waals surface area contributed by atoms with Gasteiger partial charge in [0.05, 0.1) is 32.5 Å². The van der Waals surface area contributed by atoms with Gasteiger partial charge in [-0.3, -0.25) is 0 Å². The van der Waals surface area contributed by atoms with E-state index >= 15 is 0 Å². The average molecular weight is 262 g/mol. The van der Waals surface area contributed by atoms with Crippen molar-refractivity contribution in [3.8, 4) is 17.2 Å². The van der Waals surface area contributed by atoms with Crippen LogP contribution in [0.4, 0.5) is 0 Å². The molecule has 0 aliphatic carbocycles. The maximum atomic E-state index is 9.82. The minimum Gasteiger partial charge on any atom is -0.496 e. The lowest BCUT2D eigenvalue weighted by Crippen LogP contribution is -2.13. The van der Waals surface area contributed by atoms with Gasteiger partial charge < -0.3 is 25.1 Å². The smallest absolute Gasteiger partial charge is 0.180 e. The number of methoxy groups -OCH3 is 3. The van der Waals surface area contributed by atoms with Crippen LogP contribution >= 0.6 is 11.6 Å². The van der Waals surface area contributed by atoms with Gasteiger partial charge in [-0.15, -0.1) is 0 Å². The number of benzene rings is 1. The van der Waals surface area contributed by atoms with E-state index < -0.39 is 6.10 Å². The molecule has 96 valence electrons. The van der Waals surface area contributed by atoms with Gasteiger partial charge in [-0.05, 0) is 0 Å². The lowest BCUT2D eigenvalue weighted by molar-refractivity contribution is 0.181. The first kappa shape index (κ1) is 13.9. The minimum absolute atomic E-state index is 0.0333. The molecule has 0 saturated heterocycles. The SMILES string of the molecule is COc1cc(OC)c(C(O)CN)c(Cl)c1OC. The van der Waals surface area contributed by atoms with E-state index in [-0.39, 0.29) is 11.6 Å². The second kappa shape index (κ2) is 5.95. The highest BCUT2D eigenvalue weighted by Crippen LogP contribution is 2.45. The molecule has 5 nitrogen and oxygen atoms in total. The first-order chi connectivity index (χ1) is 8.10. The third kappa shape index (κ3) is 2.57. The van der Waals surface area contributed by atoms with Gasteiger partial charge in [-0.1, -0.05) is 11.6 Å². The maximum Gasteiger partial charge on any atom is 0.180 e. The molecule has 6 heteroatoms. The lowest BCUT2D eigenvalue weighted by atomic mass is 10.1. The Kier molecular flexibility index (Phi) is 4.86. The van der Waals surface area contributed by atoms with Gasteiger partial charge >= 0.3 is 0 Å². The van der Waals surface area contributed by atoms with Crippen LogP contribution < -0.4 is 19.9 Å². The van der Waals surface area contributed by atoms with Crippen LogP contribution in [0.5, 0.6) is 17.2 Å². The van der Waals surface area contributed by atoms with Crippen molar-refractivity contribution < 1.29 is 19.3 Å². The summed E-state index contributed by atoms with van der Waals surface area (Å²) >= 11 is 6.15. The molecule has 3 N–H and O–H groups in total. The van der Waals surface area contributed by atoms with Gasteiger partial charge in [0.2, 0.25) is 0 Å². The van der Waals surface area contributed by atoms with Crippen molar-refractivity contribution in [3.05, 3.63) is 16.7 Å². The first-order valence-electron chi connectivity index (χ1n) is 4.97. The van der Waals surface area contributed by atoms with E-state index in [0.717, 1.165) is 0 Å². The second-order valence-electron chi connectivity index (χ2n) is 3.29. The molecule has 0 aliphatic rings. The number of aliphatic hydroxyl groups is 1. The van der Waals surface area contributed by atoms with Crippen LogP contribution in [0.3, 0.4) is 0 Å². The van der Waals surface area contributed by atoms with Crippen molar-refractivity contribution >= 4 is 11.6 Å². The molecule has 0 saturated carbocycles. The summed E-state index contributed by atoms with van der Waals surface area (Å²) in [5.74, 6) is 1.19. The Balaban J connectivity index is 3.46. The van der Waals surface area contributed by atoms with Gasteiger partial charge in [0.25, 0.3) is 0 Å². The first-order valence-corrected chi connectivity index (χ1v) is 5.34. The molecule has 0 aromatic heterocycles. The fourth-order valence-electron chi connectivity index (χ4n) is 1.54. The van der Waals surface area contributed by atoms with Gasteiger partial charge in [0, 0.05) is 18.2 Å². The highest BCUT2D eigenvalue weighted by Gasteiger charge is 2.23. The maximum absolute atomic E-state index is 9.82. The zero-order valence-electron chi connectivity index (χ0n) is 9.99. The molecule has 1 aromatic carbocycles. The van der Waals surface area contributed by atoms with E-state index in [0.29, 0.717) is 22.8 Å². The van der Waals surface area contributed by atoms with Crippen LogP contribution in [-0.2, 0) is 0 Å². The fraction of sp³-hybridized carbons (Fsp3) is 0.455. The summed E-state index contributed by atoms with van der Waals surface area (Å²) in [6.45, 7) is 0.0333. The Morgan fingerprint density at radius 3 is 2.24 bits per heavy atom. The van der Waals surface area contributed by atoms with E-state index in [1.807, 2.05) is 0 Å². The van der Waals surface area contributed by atoms with Gasteiger partial charge in [0.15, 0.2) is 11.5 Å². The minimum atomic E-state index is -0.919. The van der Waals surface area contributed by atoms with Crippen LogP contribution in [0.1, 0.15) is 11.7 Å². The number of nitrogens with two attached hydrogens (primary N) is 1. The van der Waals surface area contributed by atoms with Gasteiger partial charge in [-0.25, -0.2) is 0 Å². The molecule has 1 rings (SSSR count).